The van der Waals surface area contributed by atoms with E-state index in [4.69, 9.17) is 4.74 Å². The number of hydrogen-bond acceptors (Lipinski definition) is 5. The largest absolute Gasteiger partial charge is 0.481 e. The highest BCUT2D eigenvalue weighted by molar-refractivity contribution is 5.72. The summed E-state index contributed by atoms with van der Waals surface area (Å²) in [6, 6.07) is -0.390. The van der Waals surface area contributed by atoms with Gasteiger partial charge in [0.2, 0.25) is 0 Å². The standard InChI is InChI=1S/C14H21N3O4/c1-14(2,3)17-6-5-15-11(12(17)18)16(4)10-8-21-7-9(10)13(19)20/h5-6,9-10H,7-8H2,1-4H3,(H,19,20). The molecular formula is C14H21N3O4. The Morgan fingerprint density at radius 1 is 1.48 bits per heavy atom. The highest BCUT2D eigenvalue weighted by atomic mass is 16.5. The zero-order chi connectivity index (χ0) is 15.8. The maximum Gasteiger partial charge on any atom is 0.311 e. The molecule has 1 saturated heterocycles. The lowest BCUT2D eigenvalue weighted by molar-refractivity contribution is -0.141. The SMILES string of the molecule is CN(c1nccn(C(C)(C)C)c1=O)C1COCC1C(=O)O. The van der Waals surface area contributed by atoms with Crippen molar-refractivity contribution in [2.24, 2.45) is 5.92 Å². The number of likely N-dealkylation sites (N-methyl/N-ethyl adjacent to an activating group) is 1. The van der Waals surface area contributed by atoms with Gasteiger partial charge in [0, 0.05) is 25.0 Å². The van der Waals surface area contributed by atoms with E-state index >= 15 is 0 Å². The van der Waals surface area contributed by atoms with Gasteiger partial charge in [-0.15, -0.1) is 0 Å². The van der Waals surface area contributed by atoms with Gasteiger partial charge in [-0.1, -0.05) is 0 Å². The topological polar surface area (TPSA) is 84.7 Å². The smallest absolute Gasteiger partial charge is 0.311 e. The molecule has 0 amide bonds. The first-order valence-corrected chi connectivity index (χ1v) is 6.85. The fourth-order valence-electron chi connectivity index (χ4n) is 2.49. The number of carboxylic acid groups (broad SMARTS) is 1. The van der Waals surface area contributed by atoms with Crippen molar-refractivity contribution < 1.29 is 14.6 Å². The van der Waals surface area contributed by atoms with Crippen molar-refractivity contribution >= 4 is 11.8 Å². The van der Waals surface area contributed by atoms with Crippen LogP contribution < -0.4 is 10.5 Å². The Balaban J connectivity index is 2.38. The molecule has 2 unspecified atom stereocenters. The molecule has 0 saturated carbocycles. The first kappa shape index (κ1) is 15.5. The van der Waals surface area contributed by atoms with Crippen molar-refractivity contribution in [2.45, 2.75) is 32.4 Å². The van der Waals surface area contributed by atoms with E-state index in [0.717, 1.165) is 0 Å². The lowest BCUT2D eigenvalue weighted by atomic mass is 10.0. The normalized spacial score (nSPS) is 22.3. The number of aromatic nitrogens is 2. The van der Waals surface area contributed by atoms with Gasteiger partial charge in [-0.05, 0) is 20.8 Å². The molecule has 1 aromatic heterocycles. The van der Waals surface area contributed by atoms with Crippen LogP contribution in [0.1, 0.15) is 20.8 Å². The van der Waals surface area contributed by atoms with Crippen LogP contribution in [-0.2, 0) is 15.1 Å². The van der Waals surface area contributed by atoms with Gasteiger partial charge in [0.15, 0.2) is 5.82 Å². The molecule has 0 radical (unpaired) electrons. The molecule has 21 heavy (non-hydrogen) atoms. The third-order valence-corrected chi connectivity index (χ3v) is 3.74. The Hall–Kier alpha value is -1.89. The lowest BCUT2D eigenvalue weighted by Gasteiger charge is -2.29. The molecule has 1 aliphatic rings. The molecule has 2 rings (SSSR count). The van der Waals surface area contributed by atoms with Crippen LogP contribution in [0.5, 0.6) is 0 Å². The molecule has 1 N–H and O–H groups in total. The van der Waals surface area contributed by atoms with Gasteiger partial charge >= 0.3 is 5.97 Å². The zero-order valence-corrected chi connectivity index (χ0v) is 12.7. The van der Waals surface area contributed by atoms with E-state index in [1.54, 1.807) is 28.9 Å². The summed E-state index contributed by atoms with van der Waals surface area (Å²) < 4.78 is 6.85. The molecule has 7 heteroatoms. The van der Waals surface area contributed by atoms with E-state index in [1.165, 1.54) is 0 Å². The Morgan fingerprint density at radius 2 is 2.14 bits per heavy atom. The van der Waals surface area contributed by atoms with Gasteiger partial charge < -0.3 is 19.3 Å². The Labute approximate surface area is 123 Å². The van der Waals surface area contributed by atoms with E-state index in [0.29, 0.717) is 0 Å². The fraction of sp³-hybridized carbons (Fsp3) is 0.643. The van der Waals surface area contributed by atoms with Crippen molar-refractivity contribution in [1.82, 2.24) is 9.55 Å². The predicted molar refractivity (Wildman–Crippen MR) is 77.6 cm³/mol. The molecule has 2 heterocycles. The summed E-state index contributed by atoms with van der Waals surface area (Å²) in [6.45, 7) is 6.22. The summed E-state index contributed by atoms with van der Waals surface area (Å²) in [5.74, 6) is -1.33. The second-order valence-electron chi connectivity index (χ2n) is 6.26. The highest BCUT2D eigenvalue weighted by Gasteiger charge is 2.38. The number of nitrogens with zero attached hydrogens (tertiary/aromatic N) is 3. The maximum atomic E-state index is 12.6. The van der Waals surface area contributed by atoms with Gasteiger partial charge in [-0.3, -0.25) is 9.59 Å². The number of hydrogen-bond donors (Lipinski definition) is 1. The summed E-state index contributed by atoms with van der Waals surface area (Å²) in [5.41, 5.74) is -0.600. The van der Waals surface area contributed by atoms with Gasteiger partial charge in [0.1, 0.15) is 5.92 Å². The van der Waals surface area contributed by atoms with Crippen LogP contribution in [0.2, 0.25) is 0 Å². The minimum absolute atomic E-state index is 0.157. The van der Waals surface area contributed by atoms with Crippen molar-refractivity contribution in [3.63, 3.8) is 0 Å². The fourth-order valence-corrected chi connectivity index (χ4v) is 2.49. The number of rotatable bonds is 3. The molecule has 1 aromatic rings. The van der Waals surface area contributed by atoms with Crippen molar-refractivity contribution in [3.05, 3.63) is 22.7 Å². The van der Waals surface area contributed by atoms with E-state index < -0.39 is 17.9 Å². The average Bonchev–Trinajstić information content (AvgIpc) is 2.86. The predicted octanol–water partition coefficient (Wildman–Crippen LogP) is 0.534. The second kappa shape index (κ2) is 5.48. The molecule has 0 spiro atoms. The molecule has 1 fully saturated rings. The van der Waals surface area contributed by atoms with E-state index in [2.05, 4.69) is 4.98 Å². The van der Waals surface area contributed by atoms with E-state index in [-0.39, 0.29) is 30.1 Å². The molecule has 116 valence electrons. The molecule has 0 aromatic carbocycles. The van der Waals surface area contributed by atoms with Crippen LogP contribution in [-0.4, -0.2) is 46.9 Å². The van der Waals surface area contributed by atoms with Crippen LogP contribution in [0.15, 0.2) is 17.2 Å². The van der Waals surface area contributed by atoms with Gasteiger partial charge in [-0.25, -0.2) is 4.98 Å². The monoisotopic (exact) mass is 295 g/mol. The van der Waals surface area contributed by atoms with Gasteiger partial charge in [0.05, 0.1) is 19.3 Å². The van der Waals surface area contributed by atoms with Gasteiger partial charge in [0.25, 0.3) is 5.56 Å². The average molecular weight is 295 g/mol. The molecule has 0 aliphatic carbocycles. The summed E-state index contributed by atoms with van der Waals surface area (Å²) in [4.78, 5) is 29.6. The Morgan fingerprint density at radius 3 is 2.71 bits per heavy atom. The van der Waals surface area contributed by atoms with Crippen LogP contribution in [0.3, 0.4) is 0 Å². The lowest BCUT2D eigenvalue weighted by Crippen LogP contribution is -2.45. The van der Waals surface area contributed by atoms with Crippen LogP contribution in [0.4, 0.5) is 5.82 Å². The minimum Gasteiger partial charge on any atom is -0.481 e. The molecule has 7 nitrogen and oxygen atoms in total. The number of ether oxygens (including phenoxy) is 1. The second-order valence-corrected chi connectivity index (χ2v) is 6.26. The van der Waals surface area contributed by atoms with Crippen LogP contribution in [0, 0.1) is 5.92 Å². The number of aliphatic carboxylic acids is 1. The highest BCUT2D eigenvalue weighted by Crippen LogP contribution is 2.22. The zero-order valence-electron chi connectivity index (χ0n) is 12.7. The van der Waals surface area contributed by atoms with Crippen molar-refractivity contribution in [1.29, 1.82) is 0 Å². The van der Waals surface area contributed by atoms with Crippen LogP contribution >= 0.6 is 0 Å². The molecule has 0 bridgehead atoms. The minimum atomic E-state index is -0.920. The molecule has 1 aliphatic heterocycles. The van der Waals surface area contributed by atoms with Crippen molar-refractivity contribution in [3.8, 4) is 0 Å². The third kappa shape index (κ3) is 2.92. The number of carbonyl (C=O) groups is 1. The summed E-state index contributed by atoms with van der Waals surface area (Å²) in [6.07, 6.45) is 3.20. The molecular weight excluding hydrogens is 274 g/mol. The summed E-state index contributed by atoms with van der Waals surface area (Å²) in [5, 5.41) is 9.22. The summed E-state index contributed by atoms with van der Waals surface area (Å²) in [7, 11) is 1.69. The van der Waals surface area contributed by atoms with E-state index in [1.807, 2.05) is 20.8 Å². The van der Waals surface area contributed by atoms with Gasteiger partial charge in [-0.2, -0.15) is 0 Å². The maximum absolute atomic E-state index is 12.6. The number of anilines is 1. The quantitative estimate of drug-likeness (QED) is 0.876. The Kier molecular flexibility index (Phi) is 4.04. The van der Waals surface area contributed by atoms with E-state index in [9.17, 15) is 14.7 Å². The Bertz CT molecular complexity index is 591. The third-order valence-electron chi connectivity index (χ3n) is 3.74. The first-order valence-electron chi connectivity index (χ1n) is 6.85. The summed E-state index contributed by atoms with van der Waals surface area (Å²) >= 11 is 0. The number of carboxylic acids is 1. The van der Waals surface area contributed by atoms with Crippen molar-refractivity contribution in [2.75, 3.05) is 25.2 Å². The van der Waals surface area contributed by atoms with Crippen LogP contribution in [0.25, 0.3) is 0 Å². The molecule has 2 atom stereocenters. The first-order chi connectivity index (χ1) is 9.73.